The van der Waals surface area contributed by atoms with Crippen molar-refractivity contribution in [2.24, 2.45) is 5.92 Å². The Labute approximate surface area is 194 Å². The maximum Gasteiger partial charge on any atom is 0.175 e. The van der Waals surface area contributed by atoms with Crippen molar-refractivity contribution in [3.63, 3.8) is 0 Å². The van der Waals surface area contributed by atoms with Gasteiger partial charge in [0.25, 0.3) is 0 Å². The topological polar surface area (TPSA) is 63.9 Å². The quantitative estimate of drug-likeness (QED) is 0.558. The Morgan fingerprint density at radius 3 is 2.73 bits per heavy atom. The van der Waals surface area contributed by atoms with Crippen molar-refractivity contribution in [3.05, 3.63) is 42.1 Å². The molecule has 0 amide bonds. The van der Waals surface area contributed by atoms with Crippen LogP contribution in [0.5, 0.6) is 0 Å². The smallest absolute Gasteiger partial charge is 0.175 e. The maximum absolute atomic E-state index is 15.5. The molecule has 1 fully saturated rings. The van der Waals surface area contributed by atoms with Crippen molar-refractivity contribution >= 4 is 16.7 Å². The van der Waals surface area contributed by atoms with E-state index >= 15 is 4.39 Å². The summed E-state index contributed by atoms with van der Waals surface area (Å²) in [5, 5.41) is 0.908. The molecule has 5 rings (SSSR count). The van der Waals surface area contributed by atoms with E-state index in [0.717, 1.165) is 54.0 Å². The molecule has 174 valence electrons. The number of pyridine rings is 2. The van der Waals surface area contributed by atoms with Crippen LogP contribution in [-0.4, -0.2) is 55.5 Å². The van der Waals surface area contributed by atoms with Gasteiger partial charge in [-0.05, 0) is 37.0 Å². The molecule has 0 atom stereocenters. The number of halogens is 1. The normalized spacial score (nSPS) is 18.5. The highest BCUT2D eigenvalue weighted by Crippen LogP contribution is 2.30. The second kappa shape index (κ2) is 8.93. The Hall–Kier alpha value is -2.67. The zero-order valence-corrected chi connectivity index (χ0v) is 19.6. The van der Waals surface area contributed by atoms with Crippen molar-refractivity contribution in [1.29, 1.82) is 0 Å². The number of carbonyl (C=O) groups excluding carboxylic acids is 1. The highest BCUT2D eigenvalue weighted by atomic mass is 19.1. The van der Waals surface area contributed by atoms with Crippen molar-refractivity contribution in [2.75, 3.05) is 19.6 Å². The molecule has 33 heavy (non-hydrogen) atoms. The molecule has 3 aromatic heterocycles. The van der Waals surface area contributed by atoms with Gasteiger partial charge >= 0.3 is 0 Å². The SMILES string of the molecule is CC(C)CN1CCC(F)(C(=O)Cc2cc3nc(-c4cnc5n4CCCC5)ccc3cn2)CC1. The molecule has 2 aliphatic heterocycles. The van der Waals surface area contributed by atoms with Crippen molar-refractivity contribution < 1.29 is 9.18 Å². The van der Waals surface area contributed by atoms with E-state index in [1.165, 1.54) is 6.42 Å². The molecule has 0 saturated carbocycles. The summed E-state index contributed by atoms with van der Waals surface area (Å²) < 4.78 is 17.7. The highest BCUT2D eigenvalue weighted by Gasteiger charge is 2.41. The Bertz CT molecular complexity index is 1160. The molecular formula is C26H32FN5O. The molecular weight excluding hydrogens is 417 g/mol. The summed E-state index contributed by atoms with van der Waals surface area (Å²) in [5.74, 6) is 1.30. The summed E-state index contributed by atoms with van der Waals surface area (Å²) in [5.41, 5.74) is 1.49. The van der Waals surface area contributed by atoms with E-state index in [9.17, 15) is 4.79 Å². The van der Waals surface area contributed by atoms with Crippen LogP contribution < -0.4 is 0 Å². The minimum Gasteiger partial charge on any atom is -0.327 e. The lowest BCUT2D eigenvalue weighted by atomic mass is 9.86. The second-order valence-electron chi connectivity index (χ2n) is 9.99. The van der Waals surface area contributed by atoms with Gasteiger partial charge in [0, 0.05) is 57.0 Å². The van der Waals surface area contributed by atoms with Crippen molar-refractivity contribution in [3.8, 4) is 11.4 Å². The molecule has 0 bridgehead atoms. The lowest BCUT2D eigenvalue weighted by Crippen LogP contribution is -2.47. The third-order valence-corrected chi connectivity index (χ3v) is 6.98. The first-order chi connectivity index (χ1) is 15.9. The zero-order chi connectivity index (χ0) is 23.0. The number of aromatic nitrogens is 4. The van der Waals surface area contributed by atoms with E-state index in [0.29, 0.717) is 24.7 Å². The predicted octanol–water partition coefficient (Wildman–Crippen LogP) is 4.40. The van der Waals surface area contributed by atoms with Gasteiger partial charge in [0.1, 0.15) is 5.82 Å². The van der Waals surface area contributed by atoms with Crippen LogP contribution in [0.3, 0.4) is 0 Å². The summed E-state index contributed by atoms with van der Waals surface area (Å²) >= 11 is 0. The summed E-state index contributed by atoms with van der Waals surface area (Å²) in [7, 11) is 0. The number of aryl methyl sites for hydroxylation is 1. The van der Waals surface area contributed by atoms with Crippen LogP contribution in [0.25, 0.3) is 22.3 Å². The Balaban J connectivity index is 1.33. The number of hydrogen-bond acceptors (Lipinski definition) is 5. The van der Waals surface area contributed by atoms with Crippen LogP contribution in [0.15, 0.2) is 30.6 Å². The first kappa shape index (κ1) is 22.1. The van der Waals surface area contributed by atoms with Crippen molar-refractivity contribution in [1.82, 2.24) is 24.4 Å². The van der Waals surface area contributed by atoms with E-state index in [1.807, 2.05) is 24.4 Å². The van der Waals surface area contributed by atoms with Crippen LogP contribution in [0.2, 0.25) is 0 Å². The minimum atomic E-state index is -1.75. The predicted molar refractivity (Wildman–Crippen MR) is 127 cm³/mol. The van der Waals surface area contributed by atoms with E-state index in [4.69, 9.17) is 4.98 Å². The number of Topliss-reactive ketones (excluding diaryl/α,β-unsaturated/α-hetero) is 1. The summed E-state index contributed by atoms with van der Waals surface area (Å²) in [4.78, 5) is 29.0. The number of imidazole rings is 1. The number of ketones is 1. The summed E-state index contributed by atoms with van der Waals surface area (Å²) in [6.45, 7) is 7.50. The first-order valence-electron chi connectivity index (χ1n) is 12.2. The zero-order valence-electron chi connectivity index (χ0n) is 19.6. The third-order valence-electron chi connectivity index (χ3n) is 6.98. The number of carbonyl (C=O) groups is 1. The molecule has 6 nitrogen and oxygen atoms in total. The van der Waals surface area contributed by atoms with Gasteiger partial charge < -0.3 is 9.47 Å². The van der Waals surface area contributed by atoms with E-state index < -0.39 is 5.67 Å². The molecule has 2 aliphatic rings. The molecule has 1 saturated heterocycles. The third kappa shape index (κ3) is 4.56. The van der Waals surface area contributed by atoms with Gasteiger partial charge in [-0.1, -0.05) is 13.8 Å². The Morgan fingerprint density at radius 2 is 1.94 bits per heavy atom. The number of likely N-dealkylation sites (tertiary alicyclic amines) is 1. The molecule has 0 N–H and O–H groups in total. The lowest BCUT2D eigenvalue weighted by molar-refractivity contribution is -0.133. The lowest BCUT2D eigenvalue weighted by Gasteiger charge is -2.36. The maximum atomic E-state index is 15.5. The Kier molecular flexibility index (Phi) is 5.99. The first-order valence-corrected chi connectivity index (χ1v) is 12.2. The molecule has 0 spiro atoms. The number of piperidine rings is 1. The average Bonchev–Trinajstić information content (AvgIpc) is 3.24. The molecule has 5 heterocycles. The standard InChI is InChI=1S/C26H32FN5O/c1-18(2)17-31-11-8-26(27,9-12-31)24(33)14-20-13-22-19(15-28-20)6-7-21(30-22)23-16-29-25-5-3-4-10-32(23)25/h6-7,13,15-16,18H,3-5,8-12,14,17H2,1-2H3. The van der Waals surface area contributed by atoms with E-state index in [2.05, 4.69) is 33.3 Å². The van der Waals surface area contributed by atoms with Crippen LogP contribution >= 0.6 is 0 Å². The van der Waals surface area contributed by atoms with Crippen LogP contribution in [0.4, 0.5) is 4.39 Å². The number of rotatable bonds is 6. The Morgan fingerprint density at radius 1 is 1.12 bits per heavy atom. The monoisotopic (exact) mass is 449 g/mol. The fourth-order valence-corrected chi connectivity index (χ4v) is 5.13. The number of fused-ring (bicyclic) bond motifs is 2. The average molecular weight is 450 g/mol. The molecule has 7 heteroatoms. The number of hydrogen-bond donors (Lipinski definition) is 0. The van der Waals surface area contributed by atoms with Gasteiger partial charge in [0.2, 0.25) is 0 Å². The van der Waals surface area contributed by atoms with Gasteiger partial charge in [-0.15, -0.1) is 0 Å². The largest absolute Gasteiger partial charge is 0.327 e. The highest BCUT2D eigenvalue weighted by molar-refractivity contribution is 5.90. The summed E-state index contributed by atoms with van der Waals surface area (Å²) in [6.07, 6.45) is 7.50. The van der Waals surface area contributed by atoms with Gasteiger partial charge in [0.15, 0.2) is 11.5 Å². The molecule has 0 aliphatic carbocycles. The molecule has 3 aromatic rings. The minimum absolute atomic E-state index is 0.00457. The van der Waals surface area contributed by atoms with Crippen LogP contribution in [-0.2, 0) is 24.2 Å². The van der Waals surface area contributed by atoms with Crippen LogP contribution in [0.1, 0.15) is 51.0 Å². The summed E-state index contributed by atoms with van der Waals surface area (Å²) in [6, 6.07) is 5.83. The van der Waals surface area contributed by atoms with Gasteiger partial charge in [-0.25, -0.2) is 14.4 Å². The van der Waals surface area contributed by atoms with E-state index in [-0.39, 0.29) is 25.0 Å². The van der Waals surface area contributed by atoms with Crippen LogP contribution in [0, 0.1) is 5.92 Å². The fraction of sp³-hybridized carbons (Fsp3) is 0.538. The fourth-order valence-electron chi connectivity index (χ4n) is 5.13. The van der Waals surface area contributed by atoms with E-state index in [1.54, 1.807) is 6.20 Å². The second-order valence-corrected chi connectivity index (χ2v) is 9.99. The van der Waals surface area contributed by atoms with Gasteiger partial charge in [-0.3, -0.25) is 9.78 Å². The number of nitrogens with zero attached hydrogens (tertiary/aromatic N) is 5. The number of alkyl halides is 1. The molecule has 0 radical (unpaired) electrons. The van der Waals surface area contributed by atoms with Gasteiger partial charge in [0.05, 0.1) is 35.2 Å². The molecule has 0 unspecified atom stereocenters. The van der Waals surface area contributed by atoms with Crippen molar-refractivity contribution in [2.45, 2.75) is 64.6 Å². The molecule has 0 aromatic carbocycles. The van der Waals surface area contributed by atoms with Gasteiger partial charge in [-0.2, -0.15) is 0 Å².